The number of nitrogens with two attached hydrogens (primary N) is 1. The summed E-state index contributed by atoms with van der Waals surface area (Å²) in [6.45, 7) is 0. The topological polar surface area (TPSA) is 83.6 Å². The summed E-state index contributed by atoms with van der Waals surface area (Å²) in [5.41, 5.74) is 6.51. The molecule has 0 bridgehead atoms. The number of phenolic OH excluding ortho intramolecular Hbond substituents is 1. The lowest BCUT2D eigenvalue weighted by Gasteiger charge is -2.14. The van der Waals surface area contributed by atoms with Crippen LogP contribution in [0, 0.1) is 0 Å². The maximum Gasteiger partial charge on any atom is 0.303 e. The van der Waals surface area contributed by atoms with E-state index in [1.807, 2.05) is 24.3 Å². The number of halogens is 1. The molecule has 0 fully saturated rings. The molecule has 1 atom stereocenters. The van der Waals surface area contributed by atoms with Crippen molar-refractivity contribution >= 4 is 32.7 Å². The molecule has 0 aliphatic rings. The van der Waals surface area contributed by atoms with Crippen LogP contribution in [0.25, 0.3) is 10.8 Å². The third kappa shape index (κ3) is 3.24. The van der Waals surface area contributed by atoms with E-state index in [1.165, 1.54) is 0 Å². The average Bonchev–Trinajstić information content (AvgIpc) is 2.35. The van der Waals surface area contributed by atoms with Gasteiger partial charge in [-0.15, -0.1) is 0 Å². The highest BCUT2D eigenvalue weighted by molar-refractivity contribution is 9.10. The van der Waals surface area contributed by atoms with Crippen LogP contribution in [0.4, 0.5) is 0 Å². The summed E-state index contributed by atoms with van der Waals surface area (Å²) in [6, 6.07) is 8.69. The van der Waals surface area contributed by atoms with Crippen LogP contribution in [0.3, 0.4) is 0 Å². The summed E-state index contributed by atoms with van der Waals surface area (Å²) in [5.74, 6) is -0.786. The average molecular weight is 324 g/mol. The SMILES string of the molecule is NC(CCC(=O)O)c1cc2cc(Br)ccc2cc1O. The lowest BCUT2D eigenvalue weighted by molar-refractivity contribution is -0.137. The molecule has 0 heterocycles. The van der Waals surface area contributed by atoms with Crippen molar-refractivity contribution in [2.75, 3.05) is 0 Å². The Morgan fingerprint density at radius 2 is 2.00 bits per heavy atom. The molecular formula is C14H14BrNO3. The molecule has 0 spiro atoms. The van der Waals surface area contributed by atoms with E-state index in [0.29, 0.717) is 12.0 Å². The Morgan fingerprint density at radius 3 is 2.68 bits per heavy atom. The Bertz CT molecular complexity index is 627. The molecule has 0 aromatic heterocycles. The van der Waals surface area contributed by atoms with Crippen molar-refractivity contribution in [2.45, 2.75) is 18.9 Å². The minimum absolute atomic E-state index is 0.0167. The number of aliphatic carboxylic acids is 1. The number of hydrogen-bond acceptors (Lipinski definition) is 3. The molecule has 1 unspecified atom stereocenters. The number of rotatable bonds is 4. The van der Waals surface area contributed by atoms with Crippen molar-refractivity contribution in [3.8, 4) is 5.75 Å². The summed E-state index contributed by atoms with van der Waals surface area (Å²) < 4.78 is 0.941. The standard InChI is InChI=1S/C14H14BrNO3/c15-10-2-1-8-7-13(17)11(6-9(8)5-10)12(16)3-4-14(18)19/h1-2,5-7,12,17H,3-4,16H2,(H,18,19). The van der Waals surface area contributed by atoms with E-state index in [0.717, 1.165) is 15.2 Å². The molecule has 0 saturated heterocycles. The summed E-state index contributed by atoms with van der Waals surface area (Å²) in [4.78, 5) is 10.6. The zero-order valence-electron chi connectivity index (χ0n) is 10.1. The molecule has 2 aromatic carbocycles. The lowest BCUT2D eigenvalue weighted by atomic mass is 9.98. The van der Waals surface area contributed by atoms with Crippen LogP contribution in [0.2, 0.25) is 0 Å². The number of benzene rings is 2. The fourth-order valence-electron chi connectivity index (χ4n) is 2.01. The molecule has 0 amide bonds. The minimum Gasteiger partial charge on any atom is -0.508 e. The van der Waals surface area contributed by atoms with Crippen molar-refractivity contribution in [2.24, 2.45) is 5.73 Å². The monoisotopic (exact) mass is 323 g/mol. The second kappa shape index (κ2) is 5.59. The van der Waals surface area contributed by atoms with Crippen molar-refractivity contribution in [1.82, 2.24) is 0 Å². The maximum absolute atomic E-state index is 10.6. The first kappa shape index (κ1) is 13.8. The van der Waals surface area contributed by atoms with Gasteiger partial charge in [0.05, 0.1) is 0 Å². The van der Waals surface area contributed by atoms with E-state index in [2.05, 4.69) is 15.9 Å². The van der Waals surface area contributed by atoms with Crippen molar-refractivity contribution in [3.05, 3.63) is 40.4 Å². The second-order valence-electron chi connectivity index (χ2n) is 4.44. The molecule has 100 valence electrons. The number of fused-ring (bicyclic) bond motifs is 1. The maximum atomic E-state index is 10.6. The zero-order valence-corrected chi connectivity index (χ0v) is 11.7. The smallest absolute Gasteiger partial charge is 0.303 e. The van der Waals surface area contributed by atoms with E-state index >= 15 is 0 Å². The predicted molar refractivity (Wildman–Crippen MR) is 77.1 cm³/mol. The number of phenols is 1. The first-order chi connectivity index (χ1) is 8.97. The van der Waals surface area contributed by atoms with Gasteiger partial charge in [0.1, 0.15) is 5.75 Å². The number of carboxylic acid groups (broad SMARTS) is 1. The van der Waals surface area contributed by atoms with E-state index < -0.39 is 12.0 Å². The Hall–Kier alpha value is -1.59. The Balaban J connectivity index is 2.36. The lowest BCUT2D eigenvalue weighted by Crippen LogP contribution is -2.12. The highest BCUT2D eigenvalue weighted by Gasteiger charge is 2.13. The van der Waals surface area contributed by atoms with Gasteiger partial charge >= 0.3 is 5.97 Å². The van der Waals surface area contributed by atoms with Crippen LogP contribution in [-0.4, -0.2) is 16.2 Å². The molecular weight excluding hydrogens is 310 g/mol. The molecule has 2 aromatic rings. The first-order valence-corrected chi connectivity index (χ1v) is 6.66. The van der Waals surface area contributed by atoms with E-state index in [-0.39, 0.29) is 12.2 Å². The van der Waals surface area contributed by atoms with Crippen LogP contribution in [0.15, 0.2) is 34.8 Å². The number of aromatic hydroxyl groups is 1. The van der Waals surface area contributed by atoms with Gasteiger partial charge in [0, 0.05) is 22.5 Å². The third-order valence-electron chi connectivity index (χ3n) is 3.02. The number of carbonyl (C=O) groups is 1. The molecule has 2 rings (SSSR count). The molecule has 0 radical (unpaired) electrons. The summed E-state index contributed by atoms with van der Waals surface area (Å²) in [5, 5.41) is 20.5. The zero-order chi connectivity index (χ0) is 14.0. The van der Waals surface area contributed by atoms with Gasteiger partial charge in [-0.3, -0.25) is 4.79 Å². The number of hydrogen-bond donors (Lipinski definition) is 3. The van der Waals surface area contributed by atoms with E-state index in [1.54, 1.807) is 6.07 Å². The summed E-state index contributed by atoms with van der Waals surface area (Å²) in [6.07, 6.45) is 0.277. The normalized spacial score (nSPS) is 12.5. The largest absolute Gasteiger partial charge is 0.508 e. The van der Waals surface area contributed by atoms with Gasteiger partial charge in [-0.05, 0) is 41.5 Å². The third-order valence-corrected chi connectivity index (χ3v) is 3.51. The molecule has 0 aliphatic heterocycles. The van der Waals surface area contributed by atoms with Crippen LogP contribution in [-0.2, 0) is 4.79 Å². The molecule has 19 heavy (non-hydrogen) atoms. The second-order valence-corrected chi connectivity index (χ2v) is 5.36. The fraction of sp³-hybridized carbons (Fsp3) is 0.214. The van der Waals surface area contributed by atoms with Gasteiger partial charge in [0.25, 0.3) is 0 Å². The Labute approximate surface area is 119 Å². The van der Waals surface area contributed by atoms with Gasteiger partial charge in [0.2, 0.25) is 0 Å². The fourth-order valence-corrected chi connectivity index (χ4v) is 2.38. The summed E-state index contributed by atoms with van der Waals surface area (Å²) >= 11 is 3.39. The van der Waals surface area contributed by atoms with Crippen molar-refractivity contribution in [3.63, 3.8) is 0 Å². The van der Waals surface area contributed by atoms with Gasteiger partial charge in [0.15, 0.2) is 0 Å². The summed E-state index contributed by atoms with van der Waals surface area (Å²) in [7, 11) is 0. The minimum atomic E-state index is -0.890. The molecule has 0 saturated carbocycles. The first-order valence-electron chi connectivity index (χ1n) is 5.87. The highest BCUT2D eigenvalue weighted by atomic mass is 79.9. The van der Waals surface area contributed by atoms with Gasteiger partial charge in [-0.2, -0.15) is 0 Å². The molecule has 0 aliphatic carbocycles. The van der Waals surface area contributed by atoms with Crippen LogP contribution < -0.4 is 5.73 Å². The number of carboxylic acids is 1. The Morgan fingerprint density at radius 1 is 1.26 bits per heavy atom. The van der Waals surface area contributed by atoms with Crippen LogP contribution in [0.5, 0.6) is 5.75 Å². The van der Waals surface area contributed by atoms with Gasteiger partial charge in [-0.1, -0.05) is 22.0 Å². The van der Waals surface area contributed by atoms with E-state index in [9.17, 15) is 9.90 Å². The van der Waals surface area contributed by atoms with Gasteiger partial charge < -0.3 is 15.9 Å². The van der Waals surface area contributed by atoms with Crippen molar-refractivity contribution in [1.29, 1.82) is 0 Å². The Kier molecular flexibility index (Phi) is 4.07. The quantitative estimate of drug-likeness (QED) is 0.806. The van der Waals surface area contributed by atoms with Crippen LogP contribution in [0.1, 0.15) is 24.4 Å². The predicted octanol–water partition coefficient (Wildman–Crippen LogP) is 3.17. The van der Waals surface area contributed by atoms with Crippen molar-refractivity contribution < 1.29 is 15.0 Å². The molecule has 4 nitrogen and oxygen atoms in total. The molecule has 5 heteroatoms. The van der Waals surface area contributed by atoms with Crippen LogP contribution >= 0.6 is 15.9 Å². The highest BCUT2D eigenvalue weighted by Crippen LogP contribution is 2.31. The van der Waals surface area contributed by atoms with Gasteiger partial charge in [-0.25, -0.2) is 0 Å². The van der Waals surface area contributed by atoms with E-state index in [4.69, 9.17) is 10.8 Å². The molecule has 4 N–H and O–H groups in total.